The Morgan fingerprint density at radius 1 is 0.931 bits per heavy atom. The Balaban J connectivity index is 2.05. The number of hydrogen-bond donors (Lipinski definition) is 1. The van der Waals surface area contributed by atoms with Gasteiger partial charge in [-0.3, -0.25) is 9.69 Å². The molecular formula is C23H32N2O4. The molecule has 2 aromatic rings. The smallest absolute Gasteiger partial charge is 0.176 e. The van der Waals surface area contributed by atoms with Gasteiger partial charge in [0.2, 0.25) is 0 Å². The molecule has 1 N–H and O–H groups in total. The summed E-state index contributed by atoms with van der Waals surface area (Å²) < 4.78 is 15.8. The van der Waals surface area contributed by atoms with Crippen LogP contribution in [0, 0.1) is 0 Å². The lowest BCUT2D eigenvalue weighted by molar-refractivity contribution is 0.0986. The molecule has 0 aliphatic heterocycles. The summed E-state index contributed by atoms with van der Waals surface area (Å²) >= 11 is 0. The van der Waals surface area contributed by atoms with E-state index in [-0.39, 0.29) is 18.4 Å². The number of carbonyl (C=O) groups is 1. The van der Waals surface area contributed by atoms with Gasteiger partial charge in [-0.05, 0) is 49.0 Å². The number of Topliss-reactive ketones (excluding diaryl/α,β-unsaturated/α-hetero) is 1. The van der Waals surface area contributed by atoms with Gasteiger partial charge in [-0.15, -0.1) is 0 Å². The lowest BCUT2D eigenvalue weighted by Gasteiger charge is -2.30. The van der Waals surface area contributed by atoms with Crippen molar-refractivity contribution in [1.29, 1.82) is 0 Å². The number of rotatable bonds is 12. The predicted octanol–water partition coefficient (Wildman–Crippen LogP) is 3.57. The summed E-state index contributed by atoms with van der Waals surface area (Å²) in [5.74, 6) is 2.01. The summed E-state index contributed by atoms with van der Waals surface area (Å²) in [6.07, 6.45) is 0. The molecule has 0 aliphatic rings. The van der Waals surface area contributed by atoms with Gasteiger partial charge in [0.1, 0.15) is 5.75 Å². The minimum atomic E-state index is 0.0129. The number of carbonyl (C=O) groups excluding carboxylic acids is 1. The molecule has 0 radical (unpaired) electrons. The molecule has 2 rings (SSSR count). The quantitative estimate of drug-likeness (QED) is 0.550. The summed E-state index contributed by atoms with van der Waals surface area (Å²) in [4.78, 5) is 15.0. The van der Waals surface area contributed by atoms with Crippen molar-refractivity contribution in [3.63, 3.8) is 0 Å². The summed E-state index contributed by atoms with van der Waals surface area (Å²) in [6, 6.07) is 13.5. The molecule has 0 saturated heterocycles. The van der Waals surface area contributed by atoms with Crippen LogP contribution in [0.1, 0.15) is 35.8 Å². The Morgan fingerprint density at radius 2 is 1.59 bits per heavy atom. The second-order valence-corrected chi connectivity index (χ2v) is 6.63. The van der Waals surface area contributed by atoms with E-state index >= 15 is 0 Å². The van der Waals surface area contributed by atoms with E-state index in [1.807, 2.05) is 12.1 Å². The van der Waals surface area contributed by atoms with Crippen molar-refractivity contribution in [3.05, 3.63) is 53.6 Å². The van der Waals surface area contributed by atoms with Gasteiger partial charge in [-0.1, -0.05) is 26.0 Å². The fourth-order valence-electron chi connectivity index (χ4n) is 3.38. The zero-order valence-electron chi connectivity index (χ0n) is 18.0. The standard InChI is InChI=1S/C23H32N2O4/c1-6-25(7-2)20(17-8-11-19(27-3)12-9-17)15-24-16-21(26)18-10-13-22(28-4)23(14-18)29-5/h8-14,20,24H,6-7,15-16H2,1-5H3. The van der Waals surface area contributed by atoms with Crippen LogP contribution in [-0.2, 0) is 0 Å². The maximum absolute atomic E-state index is 12.6. The van der Waals surface area contributed by atoms with Crippen LogP contribution in [-0.4, -0.2) is 58.2 Å². The highest BCUT2D eigenvalue weighted by molar-refractivity contribution is 5.98. The van der Waals surface area contributed by atoms with Crippen molar-refractivity contribution < 1.29 is 19.0 Å². The van der Waals surface area contributed by atoms with Crippen molar-refractivity contribution in [2.75, 3.05) is 47.5 Å². The highest BCUT2D eigenvalue weighted by Crippen LogP contribution is 2.27. The topological polar surface area (TPSA) is 60.0 Å². The lowest BCUT2D eigenvalue weighted by atomic mass is 10.0. The van der Waals surface area contributed by atoms with Crippen molar-refractivity contribution >= 4 is 5.78 Å². The predicted molar refractivity (Wildman–Crippen MR) is 115 cm³/mol. The van der Waals surface area contributed by atoms with Gasteiger partial charge in [0.05, 0.1) is 27.9 Å². The SMILES string of the molecule is CCN(CC)C(CNCC(=O)c1ccc(OC)c(OC)c1)c1ccc(OC)cc1. The molecule has 0 fully saturated rings. The van der Waals surface area contributed by atoms with E-state index in [0.717, 1.165) is 18.8 Å². The third-order valence-corrected chi connectivity index (χ3v) is 5.08. The van der Waals surface area contributed by atoms with E-state index in [0.29, 0.717) is 23.6 Å². The van der Waals surface area contributed by atoms with Crippen molar-refractivity contribution in [2.24, 2.45) is 0 Å². The molecule has 158 valence electrons. The third kappa shape index (κ3) is 5.95. The van der Waals surface area contributed by atoms with Gasteiger partial charge in [0.15, 0.2) is 17.3 Å². The Bertz CT molecular complexity index is 773. The Morgan fingerprint density at radius 3 is 2.14 bits per heavy atom. The maximum Gasteiger partial charge on any atom is 0.176 e. The molecule has 0 aliphatic carbocycles. The molecule has 6 heteroatoms. The number of nitrogens with zero attached hydrogens (tertiary/aromatic N) is 1. The van der Waals surface area contributed by atoms with Crippen LogP contribution in [0.2, 0.25) is 0 Å². The van der Waals surface area contributed by atoms with Crippen LogP contribution >= 0.6 is 0 Å². The maximum atomic E-state index is 12.6. The minimum absolute atomic E-state index is 0.0129. The molecule has 1 unspecified atom stereocenters. The number of methoxy groups -OCH3 is 3. The molecule has 29 heavy (non-hydrogen) atoms. The fraction of sp³-hybridized carbons (Fsp3) is 0.435. The third-order valence-electron chi connectivity index (χ3n) is 5.08. The van der Waals surface area contributed by atoms with Gasteiger partial charge in [0, 0.05) is 18.2 Å². The average Bonchev–Trinajstić information content (AvgIpc) is 2.78. The van der Waals surface area contributed by atoms with Gasteiger partial charge in [-0.2, -0.15) is 0 Å². The first-order valence-corrected chi connectivity index (χ1v) is 9.91. The van der Waals surface area contributed by atoms with Crippen LogP contribution in [0.25, 0.3) is 0 Å². The van der Waals surface area contributed by atoms with Crippen molar-refractivity contribution in [1.82, 2.24) is 10.2 Å². The molecule has 0 bridgehead atoms. The summed E-state index contributed by atoms with van der Waals surface area (Å²) in [5, 5.41) is 3.33. The molecule has 1 atom stereocenters. The second kappa shape index (κ2) is 11.4. The molecule has 0 aromatic heterocycles. The van der Waals surface area contributed by atoms with E-state index in [4.69, 9.17) is 14.2 Å². The van der Waals surface area contributed by atoms with Crippen LogP contribution in [0.15, 0.2) is 42.5 Å². The second-order valence-electron chi connectivity index (χ2n) is 6.63. The average molecular weight is 401 g/mol. The first-order valence-electron chi connectivity index (χ1n) is 9.91. The van der Waals surface area contributed by atoms with E-state index in [1.54, 1.807) is 39.5 Å². The van der Waals surface area contributed by atoms with Crippen LogP contribution < -0.4 is 19.5 Å². The van der Waals surface area contributed by atoms with Gasteiger partial charge < -0.3 is 19.5 Å². The molecular weight excluding hydrogens is 368 g/mol. The first-order chi connectivity index (χ1) is 14.1. The van der Waals surface area contributed by atoms with Gasteiger partial charge in [0.25, 0.3) is 0 Å². The molecule has 0 heterocycles. The highest BCUT2D eigenvalue weighted by Gasteiger charge is 2.19. The summed E-state index contributed by atoms with van der Waals surface area (Å²) in [6.45, 7) is 7.08. The van der Waals surface area contributed by atoms with Crippen LogP contribution in [0.3, 0.4) is 0 Å². The van der Waals surface area contributed by atoms with Crippen LogP contribution in [0.5, 0.6) is 17.2 Å². The monoisotopic (exact) mass is 400 g/mol. The van der Waals surface area contributed by atoms with E-state index in [1.165, 1.54) is 5.56 Å². The lowest BCUT2D eigenvalue weighted by Crippen LogP contribution is -2.37. The molecule has 0 amide bonds. The first kappa shape index (κ1) is 22.7. The number of benzene rings is 2. The zero-order valence-corrected chi connectivity index (χ0v) is 18.0. The largest absolute Gasteiger partial charge is 0.497 e. The Hall–Kier alpha value is -2.57. The number of hydrogen-bond acceptors (Lipinski definition) is 6. The van der Waals surface area contributed by atoms with Gasteiger partial charge in [-0.25, -0.2) is 0 Å². The zero-order chi connectivity index (χ0) is 21.2. The van der Waals surface area contributed by atoms with E-state index in [9.17, 15) is 4.79 Å². The van der Waals surface area contributed by atoms with Crippen LogP contribution in [0.4, 0.5) is 0 Å². The highest BCUT2D eigenvalue weighted by atomic mass is 16.5. The number of ketones is 1. The number of nitrogens with one attached hydrogen (secondary N) is 1. The molecule has 0 spiro atoms. The van der Waals surface area contributed by atoms with Crippen molar-refractivity contribution in [3.8, 4) is 17.2 Å². The van der Waals surface area contributed by atoms with E-state index < -0.39 is 0 Å². The normalized spacial score (nSPS) is 11.9. The fourth-order valence-corrected chi connectivity index (χ4v) is 3.38. The van der Waals surface area contributed by atoms with Crippen molar-refractivity contribution in [2.45, 2.75) is 19.9 Å². The molecule has 6 nitrogen and oxygen atoms in total. The molecule has 0 saturated carbocycles. The molecule has 2 aromatic carbocycles. The Labute approximate surface area is 173 Å². The Kier molecular flexibility index (Phi) is 8.96. The van der Waals surface area contributed by atoms with Gasteiger partial charge >= 0.3 is 0 Å². The van der Waals surface area contributed by atoms with E-state index in [2.05, 4.69) is 36.2 Å². The number of ether oxygens (including phenoxy) is 3. The summed E-state index contributed by atoms with van der Waals surface area (Å²) in [5.41, 5.74) is 1.79. The summed E-state index contributed by atoms with van der Waals surface area (Å²) in [7, 11) is 4.81. The number of likely N-dealkylation sites (N-methyl/N-ethyl adjacent to an activating group) is 1. The minimum Gasteiger partial charge on any atom is -0.497 e.